The van der Waals surface area contributed by atoms with Crippen molar-refractivity contribution in [3.05, 3.63) is 36.4 Å². The van der Waals surface area contributed by atoms with Gasteiger partial charge in [-0.25, -0.2) is 0 Å². The summed E-state index contributed by atoms with van der Waals surface area (Å²) in [5.41, 5.74) is 0.134. The number of carbonyl (C=O) groups is 1. The van der Waals surface area contributed by atoms with Crippen molar-refractivity contribution >= 4 is 22.4 Å². The Morgan fingerprint density at radius 3 is 2.46 bits per heavy atom. The van der Waals surface area contributed by atoms with Gasteiger partial charge in [0.05, 0.1) is 6.10 Å². The number of ether oxygens (including phenoxy) is 2. The number of amides is 1. The van der Waals surface area contributed by atoms with Crippen LogP contribution in [0.4, 0.5) is 5.69 Å². The average molecular weight is 355 g/mol. The Balaban J connectivity index is 1.91. The molecule has 2 aromatic rings. The number of fused-ring (bicyclic) bond motifs is 1. The van der Waals surface area contributed by atoms with Crippen LogP contribution in [0.5, 0.6) is 5.75 Å². The molecule has 1 N–H and O–H groups in total. The first-order valence-corrected chi connectivity index (χ1v) is 9.73. The number of nitrogens with one attached hydrogen (secondary N) is 1. The summed E-state index contributed by atoms with van der Waals surface area (Å²) in [7, 11) is 0. The Morgan fingerprint density at radius 1 is 1.12 bits per heavy atom. The molecule has 0 spiro atoms. The van der Waals surface area contributed by atoms with E-state index in [1.54, 1.807) is 0 Å². The van der Waals surface area contributed by atoms with Gasteiger partial charge < -0.3 is 14.8 Å². The molecule has 2 aromatic carbocycles. The molecule has 0 saturated heterocycles. The molecule has 1 saturated carbocycles. The summed E-state index contributed by atoms with van der Waals surface area (Å²) in [6.07, 6.45) is 4.76. The number of anilines is 1. The molecule has 0 heterocycles. The largest absolute Gasteiger partial charge is 0.490 e. The average Bonchev–Trinajstić information content (AvgIpc) is 3.14. The molecule has 0 aliphatic heterocycles. The van der Waals surface area contributed by atoms with Gasteiger partial charge in [0.1, 0.15) is 11.4 Å². The maximum Gasteiger partial charge on any atom is 0.256 e. The van der Waals surface area contributed by atoms with Crippen LogP contribution in [0.1, 0.15) is 52.9 Å². The van der Waals surface area contributed by atoms with E-state index in [-0.39, 0.29) is 12.0 Å². The molecule has 1 amide bonds. The van der Waals surface area contributed by atoms with Gasteiger partial charge in [-0.2, -0.15) is 0 Å². The molecule has 0 radical (unpaired) electrons. The van der Waals surface area contributed by atoms with Crippen LogP contribution in [0.25, 0.3) is 10.8 Å². The second kappa shape index (κ2) is 8.09. The molecular formula is C22H29NO3. The molecule has 0 bridgehead atoms. The molecule has 140 valence electrons. The maximum atomic E-state index is 13.0. The number of hydrogen-bond acceptors (Lipinski definition) is 3. The van der Waals surface area contributed by atoms with Crippen LogP contribution in [0.15, 0.2) is 36.4 Å². The second-order valence-electron chi connectivity index (χ2n) is 7.08. The van der Waals surface area contributed by atoms with E-state index in [0.717, 1.165) is 54.3 Å². The highest BCUT2D eigenvalue weighted by Crippen LogP contribution is 2.37. The van der Waals surface area contributed by atoms with E-state index in [9.17, 15) is 4.79 Å². The first-order chi connectivity index (χ1) is 12.6. The molecule has 1 fully saturated rings. The maximum absolute atomic E-state index is 13.0. The van der Waals surface area contributed by atoms with Crippen molar-refractivity contribution in [2.24, 2.45) is 0 Å². The van der Waals surface area contributed by atoms with Crippen molar-refractivity contribution in [2.45, 2.75) is 64.6 Å². The first-order valence-electron chi connectivity index (χ1n) is 9.73. The van der Waals surface area contributed by atoms with Gasteiger partial charge in [0.15, 0.2) is 0 Å². The van der Waals surface area contributed by atoms with E-state index in [1.165, 1.54) is 0 Å². The summed E-state index contributed by atoms with van der Waals surface area (Å²) in [6, 6.07) is 11.9. The van der Waals surface area contributed by atoms with E-state index in [2.05, 4.69) is 19.2 Å². The predicted molar refractivity (Wildman–Crippen MR) is 106 cm³/mol. The van der Waals surface area contributed by atoms with Crippen LogP contribution in [0.2, 0.25) is 0 Å². The Hall–Kier alpha value is -2.07. The summed E-state index contributed by atoms with van der Waals surface area (Å²) >= 11 is 0. The van der Waals surface area contributed by atoms with Gasteiger partial charge in [-0.3, -0.25) is 4.79 Å². The normalized spacial score (nSPS) is 17.2. The smallest absolute Gasteiger partial charge is 0.256 e. The Kier molecular flexibility index (Phi) is 5.82. The van der Waals surface area contributed by atoms with Crippen LogP contribution in [0.3, 0.4) is 0 Å². The first kappa shape index (κ1) is 18.7. The molecule has 4 nitrogen and oxygen atoms in total. The molecule has 0 aromatic heterocycles. The molecule has 1 aliphatic rings. The third kappa shape index (κ3) is 3.70. The van der Waals surface area contributed by atoms with Gasteiger partial charge in [-0.05, 0) is 58.1 Å². The van der Waals surface area contributed by atoms with Crippen molar-refractivity contribution in [2.75, 3.05) is 11.9 Å². The lowest BCUT2D eigenvalue weighted by atomic mass is 10.00. The fourth-order valence-electron chi connectivity index (χ4n) is 3.68. The fraction of sp³-hybridized carbons (Fsp3) is 0.500. The van der Waals surface area contributed by atoms with Crippen molar-refractivity contribution in [3.8, 4) is 5.75 Å². The molecule has 3 rings (SSSR count). The zero-order valence-corrected chi connectivity index (χ0v) is 16.0. The fourth-order valence-corrected chi connectivity index (χ4v) is 3.68. The van der Waals surface area contributed by atoms with Gasteiger partial charge >= 0.3 is 0 Å². The minimum atomic E-state index is -0.679. The van der Waals surface area contributed by atoms with E-state index >= 15 is 0 Å². The van der Waals surface area contributed by atoms with Crippen LogP contribution in [0, 0.1) is 0 Å². The number of hydrogen-bond donors (Lipinski definition) is 1. The van der Waals surface area contributed by atoms with Crippen molar-refractivity contribution in [1.82, 2.24) is 0 Å². The highest BCUT2D eigenvalue weighted by atomic mass is 16.5. The van der Waals surface area contributed by atoms with Gasteiger partial charge in [0.25, 0.3) is 5.91 Å². The number of rotatable bonds is 7. The van der Waals surface area contributed by atoms with Crippen LogP contribution >= 0.6 is 0 Å². The number of benzene rings is 2. The Morgan fingerprint density at radius 2 is 1.81 bits per heavy atom. The molecule has 26 heavy (non-hydrogen) atoms. The Labute approximate surface area is 155 Å². The van der Waals surface area contributed by atoms with Gasteiger partial charge in [-0.15, -0.1) is 0 Å². The second-order valence-corrected chi connectivity index (χ2v) is 7.08. The third-order valence-corrected chi connectivity index (χ3v) is 5.28. The summed E-state index contributed by atoms with van der Waals surface area (Å²) in [5.74, 6) is 0.825. The summed E-state index contributed by atoms with van der Waals surface area (Å²) in [6.45, 7) is 6.67. The highest BCUT2D eigenvalue weighted by Gasteiger charge is 2.42. The molecular weight excluding hydrogens is 326 g/mol. The third-order valence-electron chi connectivity index (χ3n) is 5.28. The Bertz CT molecular complexity index is 765. The molecule has 1 atom stereocenters. The zero-order valence-electron chi connectivity index (χ0n) is 16.0. The van der Waals surface area contributed by atoms with Crippen LogP contribution in [-0.4, -0.2) is 24.2 Å². The van der Waals surface area contributed by atoms with E-state index < -0.39 is 5.60 Å². The molecule has 1 aliphatic carbocycles. The lowest BCUT2D eigenvalue weighted by molar-refractivity contribution is -0.140. The standard InChI is InChI=1S/C22H29NO3/c1-4-16(3)26-20-13-12-19(17-10-6-7-11-18(17)20)23-21(24)22(25-5-2)14-8-9-15-22/h6-7,10-13,16H,4-5,8-9,14-15H2,1-3H3,(H,23,24)/t16-/m0/s1. The monoisotopic (exact) mass is 355 g/mol. The zero-order chi connectivity index (χ0) is 18.6. The minimum Gasteiger partial charge on any atom is -0.490 e. The molecule has 0 unspecified atom stereocenters. The summed E-state index contributed by atoms with van der Waals surface area (Å²) in [5, 5.41) is 5.14. The topological polar surface area (TPSA) is 47.6 Å². The van der Waals surface area contributed by atoms with Crippen LogP contribution in [-0.2, 0) is 9.53 Å². The lowest BCUT2D eigenvalue weighted by Gasteiger charge is -2.28. The van der Waals surface area contributed by atoms with Crippen molar-refractivity contribution in [3.63, 3.8) is 0 Å². The summed E-state index contributed by atoms with van der Waals surface area (Å²) in [4.78, 5) is 13.0. The van der Waals surface area contributed by atoms with E-state index in [4.69, 9.17) is 9.47 Å². The highest BCUT2D eigenvalue weighted by molar-refractivity contribution is 6.06. The van der Waals surface area contributed by atoms with Gasteiger partial charge in [-0.1, -0.05) is 31.2 Å². The molecule has 4 heteroatoms. The van der Waals surface area contributed by atoms with Crippen molar-refractivity contribution < 1.29 is 14.3 Å². The van der Waals surface area contributed by atoms with E-state index in [1.807, 2.05) is 43.3 Å². The van der Waals surface area contributed by atoms with Crippen LogP contribution < -0.4 is 10.1 Å². The van der Waals surface area contributed by atoms with E-state index in [0.29, 0.717) is 6.61 Å². The predicted octanol–water partition coefficient (Wildman–Crippen LogP) is 5.30. The summed E-state index contributed by atoms with van der Waals surface area (Å²) < 4.78 is 11.9. The van der Waals surface area contributed by atoms with Gasteiger partial charge in [0, 0.05) is 23.1 Å². The quantitative estimate of drug-likeness (QED) is 0.732. The lowest BCUT2D eigenvalue weighted by Crippen LogP contribution is -2.43. The SMILES string of the molecule is CCOC1(C(=O)Nc2ccc(O[C@@H](C)CC)c3ccccc23)CCCC1. The number of carbonyl (C=O) groups excluding carboxylic acids is 1. The van der Waals surface area contributed by atoms with Crippen molar-refractivity contribution in [1.29, 1.82) is 0 Å². The van der Waals surface area contributed by atoms with Gasteiger partial charge in [0.2, 0.25) is 0 Å². The minimum absolute atomic E-state index is 0.0300.